The quantitative estimate of drug-likeness (QED) is 0.805. The number of hydrogen-bond donors (Lipinski definition) is 0. The van der Waals surface area contributed by atoms with Crippen LogP contribution in [-0.4, -0.2) is 61.3 Å². The van der Waals surface area contributed by atoms with Crippen molar-refractivity contribution in [1.29, 1.82) is 0 Å². The molecule has 1 aromatic rings. The van der Waals surface area contributed by atoms with Crippen LogP contribution in [0.2, 0.25) is 0 Å². The van der Waals surface area contributed by atoms with Crippen LogP contribution in [0, 0.1) is 0 Å². The number of rotatable bonds is 3. The molecular weight excluding hydrogens is 336 g/mol. The van der Waals surface area contributed by atoms with Gasteiger partial charge in [-0.05, 0) is 17.7 Å². The van der Waals surface area contributed by atoms with Crippen molar-refractivity contribution in [2.75, 3.05) is 25.7 Å². The number of benzene rings is 1. The fourth-order valence-electron chi connectivity index (χ4n) is 2.80. The minimum absolute atomic E-state index is 0.0162. The van der Waals surface area contributed by atoms with Gasteiger partial charge in [0.05, 0.1) is 31.1 Å². The first-order chi connectivity index (χ1) is 10.9. The number of ether oxygens (including phenoxy) is 1. The van der Waals surface area contributed by atoms with Crippen LogP contribution < -0.4 is 4.74 Å². The fourth-order valence-corrected chi connectivity index (χ4v) is 6.81. The summed E-state index contributed by atoms with van der Waals surface area (Å²) in [5.74, 6) is 0.825. The highest BCUT2D eigenvalue weighted by molar-refractivity contribution is 8.15. The molecule has 124 valence electrons. The molecule has 2 aliphatic heterocycles. The van der Waals surface area contributed by atoms with E-state index in [4.69, 9.17) is 4.74 Å². The minimum Gasteiger partial charge on any atom is -0.497 e. The average molecular weight is 354 g/mol. The van der Waals surface area contributed by atoms with Crippen molar-refractivity contribution in [2.24, 2.45) is 4.99 Å². The van der Waals surface area contributed by atoms with Crippen LogP contribution in [0.4, 0.5) is 0 Å². The lowest BCUT2D eigenvalue weighted by Gasteiger charge is -2.17. The molecule has 2 aliphatic rings. The lowest BCUT2D eigenvalue weighted by Crippen LogP contribution is -2.34. The fraction of sp³-hybridized carbons (Fsp3) is 0.467. The molecule has 1 amide bonds. The van der Waals surface area contributed by atoms with Crippen molar-refractivity contribution < 1.29 is 17.9 Å². The zero-order valence-electron chi connectivity index (χ0n) is 12.9. The van der Waals surface area contributed by atoms with E-state index >= 15 is 0 Å². The third-order valence-electron chi connectivity index (χ3n) is 4.06. The van der Waals surface area contributed by atoms with Crippen LogP contribution in [0.15, 0.2) is 29.3 Å². The van der Waals surface area contributed by atoms with E-state index < -0.39 is 9.84 Å². The van der Waals surface area contributed by atoms with E-state index in [2.05, 4.69) is 4.99 Å². The Hall–Kier alpha value is -1.54. The van der Waals surface area contributed by atoms with Crippen molar-refractivity contribution in [3.8, 4) is 5.75 Å². The molecular formula is C15H18N2O4S2. The van der Waals surface area contributed by atoms with Gasteiger partial charge in [-0.2, -0.15) is 4.99 Å². The van der Waals surface area contributed by atoms with E-state index in [1.165, 1.54) is 11.8 Å². The van der Waals surface area contributed by atoms with E-state index in [1.54, 1.807) is 26.3 Å². The normalized spacial score (nSPS) is 27.2. The summed E-state index contributed by atoms with van der Waals surface area (Å²) in [6.07, 6.45) is 0.218. The predicted octanol–water partition coefficient (Wildman–Crippen LogP) is 0.964. The summed E-state index contributed by atoms with van der Waals surface area (Å²) in [6.45, 7) is 0. The molecule has 0 aliphatic carbocycles. The molecule has 8 heteroatoms. The summed E-state index contributed by atoms with van der Waals surface area (Å²) in [4.78, 5) is 18.1. The van der Waals surface area contributed by atoms with Crippen molar-refractivity contribution in [3.63, 3.8) is 0 Å². The third kappa shape index (κ3) is 3.53. The molecule has 0 saturated carbocycles. The Labute approximate surface area is 139 Å². The monoisotopic (exact) mass is 354 g/mol. The second-order valence-corrected chi connectivity index (χ2v) is 9.08. The van der Waals surface area contributed by atoms with Gasteiger partial charge in [-0.3, -0.25) is 4.79 Å². The number of amides is 1. The largest absolute Gasteiger partial charge is 0.497 e. The van der Waals surface area contributed by atoms with E-state index in [0.29, 0.717) is 5.17 Å². The summed E-state index contributed by atoms with van der Waals surface area (Å²) in [5, 5.41) is 0.603. The first kappa shape index (κ1) is 16.3. The third-order valence-corrected chi connectivity index (χ3v) is 7.36. The number of carbonyl (C=O) groups is 1. The molecule has 0 aromatic heterocycles. The Morgan fingerprint density at radius 1 is 1.35 bits per heavy atom. The number of hydrogen-bond acceptors (Lipinski definition) is 5. The van der Waals surface area contributed by atoms with Gasteiger partial charge >= 0.3 is 0 Å². The molecule has 3 rings (SSSR count). The standard InChI is InChI=1S/C15H18N2O4S2/c1-17-12-8-23(19,20)9-13(12)22-15(17)16-14(18)7-10-3-5-11(21-2)6-4-10/h3-6,12-13H,7-9H2,1-2H3/t12-,13-/m1/s1. The Morgan fingerprint density at radius 2 is 2.04 bits per heavy atom. The number of thioether (sulfide) groups is 1. The van der Waals surface area contributed by atoms with Gasteiger partial charge in [-0.15, -0.1) is 0 Å². The van der Waals surface area contributed by atoms with Crippen LogP contribution in [-0.2, 0) is 21.1 Å². The Kier molecular flexibility index (Phi) is 4.37. The molecule has 2 saturated heterocycles. The van der Waals surface area contributed by atoms with Crippen LogP contribution in [0.25, 0.3) is 0 Å². The van der Waals surface area contributed by atoms with Gasteiger partial charge in [0.1, 0.15) is 5.75 Å². The topological polar surface area (TPSA) is 76.0 Å². The lowest BCUT2D eigenvalue weighted by molar-refractivity contribution is -0.117. The summed E-state index contributed by atoms with van der Waals surface area (Å²) < 4.78 is 28.4. The molecule has 0 unspecified atom stereocenters. The Morgan fingerprint density at radius 3 is 2.65 bits per heavy atom. The number of methoxy groups -OCH3 is 1. The van der Waals surface area contributed by atoms with Gasteiger partial charge < -0.3 is 9.64 Å². The first-order valence-corrected chi connectivity index (χ1v) is 9.92. The van der Waals surface area contributed by atoms with E-state index in [9.17, 15) is 13.2 Å². The number of carbonyl (C=O) groups excluding carboxylic acids is 1. The van der Waals surface area contributed by atoms with E-state index in [1.807, 2.05) is 17.0 Å². The maximum Gasteiger partial charge on any atom is 0.252 e. The Balaban J connectivity index is 1.66. The second kappa shape index (κ2) is 6.16. The molecule has 0 bridgehead atoms. The number of amidine groups is 1. The highest BCUT2D eigenvalue weighted by Crippen LogP contribution is 2.36. The molecule has 6 nitrogen and oxygen atoms in total. The molecule has 0 spiro atoms. The van der Waals surface area contributed by atoms with E-state index in [0.717, 1.165) is 11.3 Å². The van der Waals surface area contributed by atoms with E-state index in [-0.39, 0.29) is 35.1 Å². The van der Waals surface area contributed by atoms with Gasteiger partial charge in [-0.25, -0.2) is 8.42 Å². The Bertz CT molecular complexity index is 743. The minimum atomic E-state index is -2.96. The van der Waals surface area contributed by atoms with Crippen molar-refractivity contribution in [1.82, 2.24) is 4.90 Å². The molecule has 2 fully saturated rings. The molecule has 2 heterocycles. The van der Waals surface area contributed by atoms with Crippen molar-refractivity contribution >= 4 is 32.7 Å². The average Bonchev–Trinajstić information content (AvgIpc) is 2.94. The molecule has 2 atom stereocenters. The van der Waals surface area contributed by atoms with Crippen molar-refractivity contribution in [2.45, 2.75) is 17.7 Å². The second-order valence-electron chi connectivity index (χ2n) is 5.72. The lowest BCUT2D eigenvalue weighted by atomic mass is 10.1. The molecule has 0 N–H and O–H groups in total. The molecule has 0 radical (unpaired) electrons. The summed E-state index contributed by atoms with van der Waals surface area (Å²) >= 11 is 1.39. The number of sulfone groups is 1. The van der Waals surface area contributed by atoms with Gasteiger partial charge in [0.15, 0.2) is 15.0 Å². The van der Waals surface area contributed by atoms with Crippen LogP contribution in [0.5, 0.6) is 5.75 Å². The first-order valence-electron chi connectivity index (χ1n) is 7.22. The molecule has 23 heavy (non-hydrogen) atoms. The summed E-state index contributed by atoms with van der Waals surface area (Å²) in [7, 11) is 0.437. The summed E-state index contributed by atoms with van der Waals surface area (Å²) in [6, 6.07) is 7.22. The smallest absolute Gasteiger partial charge is 0.252 e. The maximum absolute atomic E-state index is 12.1. The van der Waals surface area contributed by atoms with Gasteiger partial charge in [0.25, 0.3) is 5.91 Å². The van der Waals surface area contributed by atoms with Gasteiger partial charge in [0, 0.05) is 12.3 Å². The number of fused-ring (bicyclic) bond motifs is 1. The molecule has 1 aromatic carbocycles. The maximum atomic E-state index is 12.1. The number of aliphatic imine (C=N–C) groups is 1. The zero-order chi connectivity index (χ0) is 16.6. The van der Waals surface area contributed by atoms with Gasteiger partial charge in [0.2, 0.25) is 0 Å². The van der Waals surface area contributed by atoms with Gasteiger partial charge in [-0.1, -0.05) is 23.9 Å². The highest BCUT2D eigenvalue weighted by atomic mass is 32.2. The zero-order valence-corrected chi connectivity index (χ0v) is 14.6. The highest BCUT2D eigenvalue weighted by Gasteiger charge is 2.47. The van der Waals surface area contributed by atoms with Crippen LogP contribution in [0.3, 0.4) is 0 Å². The predicted molar refractivity (Wildman–Crippen MR) is 90.7 cm³/mol. The van der Waals surface area contributed by atoms with Crippen LogP contribution in [0.1, 0.15) is 5.56 Å². The summed E-state index contributed by atoms with van der Waals surface area (Å²) in [5.41, 5.74) is 0.869. The van der Waals surface area contributed by atoms with Crippen LogP contribution >= 0.6 is 11.8 Å². The SMILES string of the molecule is COc1ccc(CC(=O)N=C2S[C@@H]3CS(=O)(=O)C[C@H]3N2C)cc1. The van der Waals surface area contributed by atoms with Crippen molar-refractivity contribution in [3.05, 3.63) is 29.8 Å². The number of nitrogens with zero attached hydrogens (tertiary/aromatic N) is 2.